The van der Waals surface area contributed by atoms with Crippen molar-refractivity contribution in [2.24, 2.45) is 0 Å². The van der Waals surface area contributed by atoms with E-state index in [4.69, 9.17) is 5.11 Å². The van der Waals surface area contributed by atoms with Crippen molar-refractivity contribution >= 4 is 39.6 Å². The van der Waals surface area contributed by atoms with Crippen molar-refractivity contribution in [1.82, 2.24) is 4.90 Å². The molecule has 6 heteroatoms. The lowest BCUT2D eigenvalue weighted by atomic mass is 10.1. The highest BCUT2D eigenvalue weighted by molar-refractivity contribution is 9.10. The molecule has 4 nitrogen and oxygen atoms in total. The Morgan fingerprint density at radius 1 is 1.39 bits per heavy atom. The van der Waals surface area contributed by atoms with Crippen molar-refractivity contribution in [2.75, 3.05) is 5.75 Å². The van der Waals surface area contributed by atoms with E-state index in [0.29, 0.717) is 11.3 Å². The lowest BCUT2D eigenvalue weighted by Crippen LogP contribution is -2.44. The highest BCUT2D eigenvalue weighted by atomic mass is 79.9. The van der Waals surface area contributed by atoms with Gasteiger partial charge in [0.15, 0.2) is 0 Å². The van der Waals surface area contributed by atoms with Gasteiger partial charge in [-0.3, -0.25) is 4.79 Å². The first kappa shape index (κ1) is 13.4. The minimum absolute atomic E-state index is 0.109. The van der Waals surface area contributed by atoms with E-state index in [0.717, 1.165) is 4.47 Å². The van der Waals surface area contributed by atoms with Crippen LogP contribution in [0.25, 0.3) is 0 Å². The second-order valence-corrected chi connectivity index (χ2v) is 6.27. The minimum atomic E-state index is -0.947. The molecule has 1 aliphatic heterocycles. The molecular formula is C12H12BrNO3S. The van der Waals surface area contributed by atoms with Gasteiger partial charge < -0.3 is 10.0 Å². The number of carboxylic acid groups (broad SMARTS) is 1. The van der Waals surface area contributed by atoms with Gasteiger partial charge in [-0.1, -0.05) is 15.9 Å². The van der Waals surface area contributed by atoms with Gasteiger partial charge in [-0.05, 0) is 31.2 Å². The van der Waals surface area contributed by atoms with Crippen molar-refractivity contribution in [3.05, 3.63) is 34.3 Å². The van der Waals surface area contributed by atoms with Crippen LogP contribution in [-0.4, -0.2) is 39.1 Å². The van der Waals surface area contributed by atoms with Crippen LogP contribution in [0.3, 0.4) is 0 Å². The first-order valence-electron chi connectivity index (χ1n) is 5.43. The number of amides is 1. The van der Waals surface area contributed by atoms with Crippen LogP contribution in [0.1, 0.15) is 17.3 Å². The number of nitrogens with zero attached hydrogens (tertiary/aromatic N) is 1. The molecular weight excluding hydrogens is 318 g/mol. The number of hydrogen-bond acceptors (Lipinski definition) is 3. The highest BCUT2D eigenvalue weighted by Crippen LogP contribution is 2.30. The van der Waals surface area contributed by atoms with E-state index in [2.05, 4.69) is 15.9 Å². The van der Waals surface area contributed by atoms with Crippen LogP contribution >= 0.6 is 27.7 Å². The topological polar surface area (TPSA) is 57.6 Å². The Morgan fingerprint density at radius 2 is 2.00 bits per heavy atom. The fraction of sp³-hybridized carbons (Fsp3) is 0.333. The largest absolute Gasteiger partial charge is 0.480 e. The maximum atomic E-state index is 12.3. The summed E-state index contributed by atoms with van der Waals surface area (Å²) in [5, 5.41) is 9.02. The predicted octanol–water partition coefficient (Wildman–Crippen LogP) is 2.44. The van der Waals surface area contributed by atoms with Gasteiger partial charge in [-0.2, -0.15) is 0 Å². The molecule has 1 heterocycles. The summed E-state index contributed by atoms with van der Waals surface area (Å²) in [4.78, 5) is 24.9. The van der Waals surface area contributed by atoms with Crippen LogP contribution in [-0.2, 0) is 4.79 Å². The smallest absolute Gasteiger partial charge is 0.327 e. The summed E-state index contributed by atoms with van der Waals surface area (Å²) >= 11 is 4.78. The monoisotopic (exact) mass is 329 g/mol. The zero-order valence-corrected chi connectivity index (χ0v) is 12.1. The van der Waals surface area contributed by atoms with Gasteiger partial charge in [-0.15, -0.1) is 11.8 Å². The Balaban J connectivity index is 2.26. The van der Waals surface area contributed by atoms with Crippen molar-refractivity contribution < 1.29 is 14.7 Å². The fourth-order valence-corrected chi connectivity index (χ4v) is 3.31. The van der Waals surface area contributed by atoms with Gasteiger partial charge in [0, 0.05) is 15.8 Å². The third kappa shape index (κ3) is 2.54. The predicted molar refractivity (Wildman–Crippen MR) is 73.7 cm³/mol. The van der Waals surface area contributed by atoms with E-state index in [1.807, 2.05) is 6.92 Å². The second kappa shape index (κ2) is 5.32. The van der Waals surface area contributed by atoms with Gasteiger partial charge in [0.1, 0.15) is 6.04 Å². The molecule has 1 aromatic rings. The average Bonchev–Trinajstić information content (AvgIpc) is 2.71. The van der Waals surface area contributed by atoms with Gasteiger partial charge in [-0.25, -0.2) is 4.79 Å². The molecule has 1 saturated heterocycles. The molecule has 1 fully saturated rings. The molecule has 1 aliphatic rings. The molecule has 2 atom stereocenters. The van der Waals surface area contributed by atoms with E-state index < -0.39 is 12.0 Å². The molecule has 0 aromatic heterocycles. The first-order valence-corrected chi connectivity index (χ1v) is 7.27. The lowest BCUT2D eigenvalue weighted by Gasteiger charge is -2.25. The van der Waals surface area contributed by atoms with Gasteiger partial charge in [0.25, 0.3) is 5.91 Å². The quantitative estimate of drug-likeness (QED) is 0.905. The number of carbonyl (C=O) groups is 2. The van der Waals surface area contributed by atoms with Crippen LogP contribution in [0.2, 0.25) is 0 Å². The van der Waals surface area contributed by atoms with E-state index >= 15 is 0 Å². The van der Waals surface area contributed by atoms with Gasteiger partial charge in [0.2, 0.25) is 0 Å². The number of rotatable bonds is 2. The Morgan fingerprint density at radius 3 is 2.56 bits per heavy atom. The number of thioether (sulfide) groups is 1. The normalized spacial score (nSPS) is 23.1. The summed E-state index contributed by atoms with van der Waals surface area (Å²) < 4.78 is 0.887. The standard InChI is InChI=1S/C12H12BrNO3S/c1-7-14(10(6-18-7)12(16)17)11(15)8-2-4-9(13)5-3-8/h2-5,7,10H,6H2,1H3,(H,16,17). The molecule has 0 spiro atoms. The summed E-state index contributed by atoms with van der Waals surface area (Å²) in [6.07, 6.45) is 0. The van der Waals surface area contributed by atoms with Crippen LogP contribution in [0.5, 0.6) is 0 Å². The summed E-state index contributed by atoms with van der Waals surface area (Å²) in [6, 6.07) is 6.21. The third-order valence-electron chi connectivity index (χ3n) is 2.83. The number of carbonyl (C=O) groups excluding carboxylic acids is 1. The molecule has 0 aliphatic carbocycles. The Labute approximate surface area is 117 Å². The molecule has 2 rings (SSSR count). The van der Waals surface area contributed by atoms with E-state index in [9.17, 15) is 9.59 Å². The molecule has 18 heavy (non-hydrogen) atoms. The molecule has 1 amide bonds. The van der Waals surface area contributed by atoms with Crippen LogP contribution in [0.15, 0.2) is 28.7 Å². The van der Waals surface area contributed by atoms with Gasteiger partial charge >= 0.3 is 5.97 Å². The number of aliphatic carboxylic acids is 1. The zero-order valence-electron chi connectivity index (χ0n) is 9.67. The number of halogens is 1. The van der Waals surface area contributed by atoms with Gasteiger partial charge in [0.05, 0.1) is 5.37 Å². The van der Waals surface area contributed by atoms with E-state index in [1.54, 1.807) is 24.3 Å². The van der Waals surface area contributed by atoms with Crippen LogP contribution in [0.4, 0.5) is 0 Å². The number of carboxylic acids is 1. The highest BCUT2D eigenvalue weighted by Gasteiger charge is 2.39. The van der Waals surface area contributed by atoms with Crippen molar-refractivity contribution in [3.63, 3.8) is 0 Å². The minimum Gasteiger partial charge on any atom is -0.480 e. The Kier molecular flexibility index (Phi) is 3.97. The molecule has 2 unspecified atom stereocenters. The summed E-state index contributed by atoms with van der Waals surface area (Å²) in [7, 11) is 0. The maximum absolute atomic E-state index is 12.3. The Hall–Kier alpha value is -1.01. The fourth-order valence-electron chi connectivity index (χ4n) is 1.88. The van der Waals surface area contributed by atoms with Crippen LogP contribution < -0.4 is 0 Å². The summed E-state index contributed by atoms with van der Waals surface area (Å²) in [5.74, 6) is -0.733. The average molecular weight is 330 g/mol. The third-order valence-corrected chi connectivity index (χ3v) is 4.58. The molecule has 96 valence electrons. The number of benzene rings is 1. The van der Waals surface area contributed by atoms with E-state index in [-0.39, 0.29) is 11.3 Å². The maximum Gasteiger partial charge on any atom is 0.327 e. The van der Waals surface area contributed by atoms with E-state index in [1.165, 1.54) is 16.7 Å². The van der Waals surface area contributed by atoms with Crippen molar-refractivity contribution in [3.8, 4) is 0 Å². The van der Waals surface area contributed by atoms with Crippen molar-refractivity contribution in [1.29, 1.82) is 0 Å². The molecule has 0 saturated carbocycles. The second-order valence-electron chi connectivity index (χ2n) is 4.01. The number of hydrogen-bond donors (Lipinski definition) is 1. The van der Waals surface area contributed by atoms with Crippen LogP contribution in [0, 0.1) is 0 Å². The molecule has 1 N–H and O–H groups in total. The first-order chi connectivity index (χ1) is 8.50. The lowest BCUT2D eigenvalue weighted by molar-refractivity contribution is -0.141. The molecule has 0 radical (unpaired) electrons. The SMILES string of the molecule is CC1SCC(C(=O)O)N1C(=O)c1ccc(Br)cc1. The molecule has 1 aromatic carbocycles. The summed E-state index contributed by atoms with van der Waals surface area (Å²) in [6.45, 7) is 1.85. The molecule has 0 bridgehead atoms. The zero-order chi connectivity index (χ0) is 13.3. The Bertz CT molecular complexity index is 477. The van der Waals surface area contributed by atoms with Crippen molar-refractivity contribution in [2.45, 2.75) is 18.3 Å². The summed E-state index contributed by atoms with van der Waals surface area (Å²) in [5.41, 5.74) is 0.513.